The Bertz CT molecular complexity index is 1370. The lowest BCUT2D eigenvalue weighted by Gasteiger charge is -2.08. The Morgan fingerprint density at radius 1 is 0.202 bits per heavy atom. The van der Waals surface area contributed by atoms with E-state index in [2.05, 4.69) is 102 Å². The first-order valence-corrected chi connectivity index (χ1v) is 45.0. The van der Waals surface area contributed by atoms with Crippen molar-refractivity contribution in [2.24, 2.45) is 0 Å². The van der Waals surface area contributed by atoms with Crippen molar-refractivity contribution < 1.29 is 0 Å². The predicted molar refractivity (Wildman–Crippen MR) is 529 cm³/mol. The van der Waals surface area contributed by atoms with Crippen LogP contribution in [0.5, 0.6) is 0 Å². The Morgan fingerprint density at radius 3 is 0.433 bits per heavy atom. The van der Waals surface area contributed by atoms with Gasteiger partial charge in [-0.2, -0.15) is 11.3 Å². The van der Waals surface area contributed by atoms with Gasteiger partial charge in [-0.05, 0) is 85.6 Å². The number of piperidine rings is 1. The predicted octanol–water partition coefficient (Wildman–Crippen LogP) is 39.9. The molecule has 5 heteroatoms. The summed E-state index contributed by atoms with van der Waals surface area (Å²) in [7, 11) is 0. The standard InChI is InChI=1S/C10H8.2C7H8.C5H11N.2C5H5N.C4H4S.28C2H6.B/c1-2-6-10-8-4-3-7-9(10)5-1;2*1-7-5-3-2-4-6-7;3*1-2-4-6-5-3-1;1-2-4-5-3-1;28*1-2;/h1-8H;2*2-6H,1H3;6H,1-5H2;2*1-5H;1-4H;28*1-2H3;. The number of hydrogen-bond donors (Lipinski definition) is 1. The number of pyridine rings is 2. The van der Waals surface area contributed by atoms with Crippen LogP contribution in [-0.4, -0.2) is 31.5 Å². The second kappa shape index (κ2) is 399. The van der Waals surface area contributed by atoms with Crippen LogP contribution in [0.25, 0.3) is 10.8 Å². The Labute approximate surface area is 680 Å². The van der Waals surface area contributed by atoms with E-state index in [0.717, 1.165) is 0 Å². The van der Waals surface area contributed by atoms with Crippen LogP contribution in [-0.2, 0) is 0 Å². The fourth-order valence-electron chi connectivity index (χ4n) is 3.86. The second-order valence-corrected chi connectivity index (χ2v) is 11.1. The summed E-state index contributed by atoms with van der Waals surface area (Å²) in [4.78, 5) is 7.57. The summed E-state index contributed by atoms with van der Waals surface area (Å²) in [5.41, 5.74) is 2.64. The van der Waals surface area contributed by atoms with Crippen LogP contribution in [0.1, 0.15) is 418 Å². The van der Waals surface area contributed by atoms with Crippen LogP contribution in [0.4, 0.5) is 0 Å². The Balaban J connectivity index is -0.0000000225. The Hall–Kier alpha value is -4.84. The summed E-state index contributed by atoms with van der Waals surface area (Å²) >= 11 is 1.71. The van der Waals surface area contributed by atoms with E-state index in [1.165, 1.54) is 54.3 Å². The molecule has 8 rings (SSSR count). The molecule has 0 spiro atoms. The van der Waals surface area contributed by atoms with Gasteiger partial charge in [0.2, 0.25) is 0 Å². The molecule has 104 heavy (non-hydrogen) atoms. The molecule has 0 amide bonds. The maximum absolute atomic E-state index is 3.78. The monoisotopic (exact) mass is 1490 g/mol. The molecule has 0 unspecified atom stereocenters. The zero-order valence-electron chi connectivity index (χ0n) is 84.4. The van der Waals surface area contributed by atoms with Gasteiger partial charge in [-0.3, -0.25) is 9.97 Å². The number of thiophene rings is 1. The highest BCUT2D eigenvalue weighted by molar-refractivity contribution is 7.07. The number of benzene rings is 4. The van der Waals surface area contributed by atoms with Crippen LogP contribution >= 0.6 is 11.3 Å². The van der Waals surface area contributed by atoms with Gasteiger partial charge in [0.05, 0.1) is 0 Å². The van der Waals surface area contributed by atoms with Gasteiger partial charge in [-0.15, -0.1) is 0 Å². The molecular formula is C99H217BN3S. The Morgan fingerprint density at radius 2 is 0.356 bits per heavy atom. The van der Waals surface area contributed by atoms with E-state index in [9.17, 15) is 0 Å². The molecule has 1 fully saturated rings. The van der Waals surface area contributed by atoms with Gasteiger partial charge < -0.3 is 5.32 Å². The number of aromatic nitrogens is 2. The van der Waals surface area contributed by atoms with E-state index in [1.807, 2.05) is 483 Å². The summed E-state index contributed by atoms with van der Waals surface area (Å²) in [6.07, 6.45) is 11.2. The fraction of sp³-hybridized carbons (Fsp3) is 0.636. The van der Waals surface area contributed by atoms with Gasteiger partial charge in [-0.1, -0.05) is 539 Å². The van der Waals surface area contributed by atoms with Gasteiger partial charge in [0.25, 0.3) is 0 Å². The molecular weight excluding hydrogens is 1270 g/mol. The summed E-state index contributed by atoms with van der Waals surface area (Å²) < 4.78 is 0. The summed E-state index contributed by atoms with van der Waals surface area (Å²) in [6, 6.07) is 52.7. The highest BCUT2D eigenvalue weighted by Gasteiger charge is 1.93. The van der Waals surface area contributed by atoms with Crippen molar-refractivity contribution in [1.29, 1.82) is 0 Å². The number of aryl methyl sites for hydroxylation is 2. The van der Waals surface area contributed by atoms with Crippen molar-refractivity contribution in [3.63, 3.8) is 0 Å². The molecule has 3 aromatic heterocycles. The molecule has 4 aromatic carbocycles. The zero-order valence-corrected chi connectivity index (χ0v) is 85.2. The molecule has 3 nitrogen and oxygen atoms in total. The summed E-state index contributed by atoms with van der Waals surface area (Å²) in [5.74, 6) is 0. The number of hydrogen-bond acceptors (Lipinski definition) is 4. The number of nitrogens with zero attached hydrogens (tertiary/aromatic N) is 2. The quantitative estimate of drug-likeness (QED) is 0.154. The first-order chi connectivity index (χ1) is 51.3. The van der Waals surface area contributed by atoms with E-state index in [-0.39, 0.29) is 8.41 Å². The molecule has 7 aromatic rings. The van der Waals surface area contributed by atoms with E-state index in [4.69, 9.17) is 0 Å². The van der Waals surface area contributed by atoms with Gasteiger partial charge in [0, 0.05) is 33.2 Å². The van der Waals surface area contributed by atoms with E-state index >= 15 is 0 Å². The number of fused-ring (bicyclic) bond motifs is 1. The largest absolute Gasteiger partial charge is 0.317 e. The van der Waals surface area contributed by atoms with E-state index in [0.29, 0.717) is 0 Å². The topological polar surface area (TPSA) is 37.8 Å². The number of rotatable bonds is 0. The summed E-state index contributed by atoms with van der Waals surface area (Å²) in [5, 5.41) is 9.99. The average Bonchev–Trinajstić information content (AvgIpc) is 1.38. The van der Waals surface area contributed by atoms with Crippen molar-refractivity contribution in [3.05, 3.63) is 204 Å². The molecule has 1 aliphatic rings. The normalized spacial score (nSPS) is 6.44. The minimum absolute atomic E-state index is 0. The molecule has 4 heterocycles. The fourth-order valence-corrected chi connectivity index (χ4v) is 4.31. The van der Waals surface area contributed by atoms with Crippen LogP contribution < -0.4 is 5.32 Å². The molecule has 0 saturated carbocycles. The maximum Gasteiger partial charge on any atom is 0.0267 e. The van der Waals surface area contributed by atoms with Crippen molar-refractivity contribution in [3.8, 4) is 0 Å². The molecule has 637 valence electrons. The molecule has 0 bridgehead atoms. The first-order valence-electron chi connectivity index (χ1n) is 44.1. The highest BCUT2D eigenvalue weighted by atomic mass is 32.1. The maximum atomic E-state index is 3.78. The highest BCUT2D eigenvalue weighted by Crippen LogP contribution is 2.11. The third kappa shape index (κ3) is 330. The first kappa shape index (κ1) is 189. The van der Waals surface area contributed by atoms with Crippen LogP contribution in [0.15, 0.2) is 193 Å². The molecule has 0 aliphatic carbocycles. The van der Waals surface area contributed by atoms with Crippen molar-refractivity contribution in [2.75, 3.05) is 13.1 Å². The van der Waals surface area contributed by atoms with Crippen LogP contribution in [0, 0.1) is 13.8 Å². The molecule has 1 N–H and O–H groups in total. The van der Waals surface area contributed by atoms with Gasteiger partial charge in [0.15, 0.2) is 0 Å². The number of nitrogens with one attached hydrogen (secondary N) is 1. The van der Waals surface area contributed by atoms with Gasteiger partial charge in [0.1, 0.15) is 0 Å². The molecule has 1 saturated heterocycles. The SMILES string of the molecule is C1CCNCC1.CC.CC.CC.CC.CC.CC.CC.CC.CC.CC.CC.CC.CC.CC.CC.CC.CC.CC.CC.CC.CC.CC.CC.CC.CC.CC.CC.CC.Cc1ccccc1.Cc1ccccc1.[B].c1ccc2ccccc2c1.c1ccncc1.c1ccncc1.c1ccsc1. The van der Waals surface area contributed by atoms with Crippen molar-refractivity contribution in [1.82, 2.24) is 15.3 Å². The summed E-state index contributed by atoms with van der Waals surface area (Å²) in [6.45, 7) is 119. The lowest BCUT2D eigenvalue weighted by molar-refractivity contribution is 0.520. The van der Waals surface area contributed by atoms with Gasteiger partial charge in [-0.25, -0.2) is 0 Å². The van der Waals surface area contributed by atoms with E-state index < -0.39 is 0 Å². The van der Waals surface area contributed by atoms with Crippen molar-refractivity contribution in [2.45, 2.75) is 421 Å². The molecule has 0 atom stereocenters. The molecule has 3 radical (unpaired) electrons. The zero-order chi connectivity index (χ0) is 89.3. The lowest BCUT2D eigenvalue weighted by Crippen LogP contribution is -2.21. The minimum atomic E-state index is 0. The molecule has 1 aliphatic heterocycles. The van der Waals surface area contributed by atoms with Crippen molar-refractivity contribution >= 4 is 30.5 Å². The Kier molecular flexibility index (Phi) is 725. The van der Waals surface area contributed by atoms with Crippen LogP contribution in [0.2, 0.25) is 0 Å². The minimum Gasteiger partial charge on any atom is -0.317 e. The third-order valence-electron chi connectivity index (χ3n) is 6.31. The third-order valence-corrected chi connectivity index (χ3v) is 6.93. The van der Waals surface area contributed by atoms with Crippen LogP contribution in [0.3, 0.4) is 0 Å². The van der Waals surface area contributed by atoms with E-state index in [1.54, 1.807) is 36.1 Å². The lowest BCUT2D eigenvalue weighted by atomic mass is 10.1. The average molecular weight is 1490 g/mol. The second-order valence-electron chi connectivity index (χ2n) is 10.3. The smallest absolute Gasteiger partial charge is 0.0267 e. The van der Waals surface area contributed by atoms with Gasteiger partial charge >= 0.3 is 0 Å².